The number of rotatable bonds is 2. The van der Waals surface area contributed by atoms with E-state index >= 15 is 0 Å². The Hall–Kier alpha value is -1.95. The van der Waals surface area contributed by atoms with E-state index in [1.165, 1.54) is 6.92 Å². The third-order valence-electron chi connectivity index (χ3n) is 3.19. The number of hydrogen-bond acceptors (Lipinski definition) is 5. The minimum Gasteiger partial charge on any atom is -0.460 e. The zero-order valence-electron chi connectivity index (χ0n) is 10.7. The summed E-state index contributed by atoms with van der Waals surface area (Å²) in [6.07, 6.45) is 1.24. The molecule has 0 spiro atoms. The molecule has 2 aromatic rings. The van der Waals surface area contributed by atoms with Gasteiger partial charge in [0, 0.05) is 6.92 Å². The molecule has 6 heteroatoms. The molecular formula is C13H15N3O3. The summed E-state index contributed by atoms with van der Waals surface area (Å²) in [6.45, 7) is 1.81. The number of carbonyl (C=O) groups is 1. The maximum Gasteiger partial charge on any atom is 0.302 e. The van der Waals surface area contributed by atoms with Gasteiger partial charge in [-0.2, -0.15) is 0 Å². The predicted octanol–water partition coefficient (Wildman–Crippen LogP) is 1.67. The van der Waals surface area contributed by atoms with Gasteiger partial charge < -0.3 is 9.47 Å². The van der Waals surface area contributed by atoms with Crippen LogP contribution in [-0.2, 0) is 14.3 Å². The highest BCUT2D eigenvalue weighted by atomic mass is 16.6. The Kier molecular flexibility index (Phi) is 3.16. The summed E-state index contributed by atoms with van der Waals surface area (Å²) in [4.78, 5) is 10.9. The topological polar surface area (TPSA) is 66.2 Å². The zero-order chi connectivity index (χ0) is 13.2. The summed E-state index contributed by atoms with van der Waals surface area (Å²) in [5.74, 6) is -0.266. The molecule has 0 aliphatic carbocycles. The Morgan fingerprint density at radius 2 is 2.26 bits per heavy atom. The standard InChI is InChI=1S/C13H15N3O3/c1-9(17)19-10-6-7-13(18-8-10)16-12-5-3-2-4-11(12)14-15-16/h2-5,10,13H,6-8H2,1H3/t10-,13+/m1/s1. The Bertz CT molecular complexity index is 588. The summed E-state index contributed by atoms with van der Waals surface area (Å²) < 4.78 is 12.7. The van der Waals surface area contributed by atoms with Crippen molar-refractivity contribution in [2.75, 3.05) is 6.61 Å². The molecule has 1 aliphatic heterocycles. The number of carbonyl (C=O) groups excluding carboxylic acids is 1. The second-order valence-electron chi connectivity index (χ2n) is 4.62. The summed E-state index contributed by atoms with van der Waals surface area (Å²) in [5, 5.41) is 8.25. The molecule has 100 valence electrons. The van der Waals surface area contributed by atoms with Gasteiger partial charge in [0.05, 0.1) is 12.1 Å². The molecule has 0 amide bonds. The summed E-state index contributed by atoms with van der Waals surface area (Å²) in [6, 6.07) is 7.77. The summed E-state index contributed by atoms with van der Waals surface area (Å²) >= 11 is 0. The minimum atomic E-state index is -0.266. The highest BCUT2D eigenvalue weighted by Gasteiger charge is 2.26. The fourth-order valence-electron chi connectivity index (χ4n) is 2.33. The van der Waals surface area contributed by atoms with Crippen LogP contribution in [0.1, 0.15) is 26.0 Å². The maximum atomic E-state index is 10.9. The largest absolute Gasteiger partial charge is 0.460 e. The SMILES string of the molecule is CC(=O)O[C@@H]1CC[C@@H](n2nnc3ccccc32)OC1. The first-order valence-corrected chi connectivity index (χ1v) is 6.33. The van der Waals surface area contributed by atoms with Gasteiger partial charge in [0.2, 0.25) is 0 Å². The van der Waals surface area contributed by atoms with Gasteiger partial charge in [0.15, 0.2) is 6.23 Å². The normalized spacial score (nSPS) is 23.4. The van der Waals surface area contributed by atoms with E-state index in [-0.39, 0.29) is 18.3 Å². The Morgan fingerprint density at radius 3 is 3.00 bits per heavy atom. The van der Waals surface area contributed by atoms with E-state index in [4.69, 9.17) is 9.47 Å². The van der Waals surface area contributed by atoms with Crippen LogP contribution in [0.4, 0.5) is 0 Å². The van der Waals surface area contributed by atoms with E-state index < -0.39 is 0 Å². The fourth-order valence-corrected chi connectivity index (χ4v) is 2.33. The van der Waals surface area contributed by atoms with Crippen LogP contribution in [0.5, 0.6) is 0 Å². The highest BCUT2D eigenvalue weighted by molar-refractivity contribution is 5.73. The summed E-state index contributed by atoms with van der Waals surface area (Å²) in [7, 11) is 0. The van der Waals surface area contributed by atoms with Gasteiger partial charge in [-0.3, -0.25) is 4.79 Å². The van der Waals surface area contributed by atoms with Gasteiger partial charge in [-0.1, -0.05) is 17.3 Å². The van der Waals surface area contributed by atoms with Crippen LogP contribution < -0.4 is 0 Å². The van der Waals surface area contributed by atoms with Crippen LogP contribution in [0.25, 0.3) is 11.0 Å². The molecule has 0 N–H and O–H groups in total. The molecule has 2 atom stereocenters. The second-order valence-corrected chi connectivity index (χ2v) is 4.62. The van der Waals surface area contributed by atoms with E-state index in [2.05, 4.69) is 10.3 Å². The van der Waals surface area contributed by atoms with Crippen molar-refractivity contribution in [1.82, 2.24) is 15.0 Å². The van der Waals surface area contributed by atoms with Crippen molar-refractivity contribution in [1.29, 1.82) is 0 Å². The molecule has 0 radical (unpaired) electrons. The van der Waals surface area contributed by atoms with Crippen molar-refractivity contribution in [2.45, 2.75) is 32.1 Å². The number of aromatic nitrogens is 3. The molecule has 1 saturated heterocycles. The predicted molar refractivity (Wildman–Crippen MR) is 67.3 cm³/mol. The molecule has 2 heterocycles. The molecule has 0 unspecified atom stereocenters. The number of nitrogens with zero attached hydrogens (tertiary/aromatic N) is 3. The third-order valence-corrected chi connectivity index (χ3v) is 3.19. The molecule has 3 rings (SSSR count). The van der Waals surface area contributed by atoms with Crippen molar-refractivity contribution in [3.8, 4) is 0 Å². The van der Waals surface area contributed by atoms with Crippen molar-refractivity contribution in [2.24, 2.45) is 0 Å². The van der Waals surface area contributed by atoms with E-state index in [0.29, 0.717) is 6.61 Å². The average molecular weight is 261 g/mol. The van der Waals surface area contributed by atoms with Gasteiger partial charge in [-0.05, 0) is 25.0 Å². The Morgan fingerprint density at radius 1 is 1.42 bits per heavy atom. The lowest BCUT2D eigenvalue weighted by atomic mass is 10.1. The zero-order valence-corrected chi connectivity index (χ0v) is 10.7. The van der Waals surface area contributed by atoms with Crippen molar-refractivity contribution < 1.29 is 14.3 Å². The molecule has 0 bridgehead atoms. The number of ether oxygens (including phenoxy) is 2. The van der Waals surface area contributed by atoms with Crippen molar-refractivity contribution >= 4 is 17.0 Å². The lowest BCUT2D eigenvalue weighted by Crippen LogP contribution is -2.31. The number of fused-ring (bicyclic) bond motifs is 1. The van der Waals surface area contributed by atoms with Crippen LogP contribution in [0.2, 0.25) is 0 Å². The maximum absolute atomic E-state index is 10.9. The average Bonchev–Trinajstić information content (AvgIpc) is 2.83. The van der Waals surface area contributed by atoms with Crippen LogP contribution in [0.15, 0.2) is 24.3 Å². The monoisotopic (exact) mass is 261 g/mol. The van der Waals surface area contributed by atoms with Crippen LogP contribution in [0.3, 0.4) is 0 Å². The first-order valence-electron chi connectivity index (χ1n) is 6.33. The number of benzene rings is 1. The van der Waals surface area contributed by atoms with Gasteiger partial charge >= 0.3 is 5.97 Å². The second kappa shape index (κ2) is 4.97. The number of hydrogen-bond donors (Lipinski definition) is 0. The van der Waals surface area contributed by atoms with Crippen molar-refractivity contribution in [3.05, 3.63) is 24.3 Å². The fraction of sp³-hybridized carbons (Fsp3) is 0.462. The van der Waals surface area contributed by atoms with Crippen LogP contribution in [0, 0.1) is 0 Å². The van der Waals surface area contributed by atoms with E-state index in [1.807, 2.05) is 24.3 Å². The molecular weight excluding hydrogens is 246 g/mol. The van der Waals surface area contributed by atoms with Gasteiger partial charge in [0.1, 0.15) is 11.6 Å². The third kappa shape index (κ3) is 2.44. The minimum absolute atomic E-state index is 0.140. The van der Waals surface area contributed by atoms with E-state index in [1.54, 1.807) is 4.68 Å². The van der Waals surface area contributed by atoms with E-state index in [0.717, 1.165) is 23.9 Å². The molecule has 19 heavy (non-hydrogen) atoms. The first kappa shape index (κ1) is 12.1. The van der Waals surface area contributed by atoms with Gasteiger partial charge in [0.25, 0.3) is 0 Å². The summed E-state index contributed by atoms with van der Waals surface area (Å²) in [5.41, 5.74) is 1.81. The Labute approximate surface area is 110 Å². The van der Waals surface area contributed by atoms with Crippen molar-refractivity contribution in [3.63, 3.8) is 0 Å². The van der Waals surface area contributed by atoms with Gasteiger partial charge in [-0.25, -0.2) is 4.68 Å². The highest BCUT2D eigenvalue weighted by Crippen LogP contribution is 2.26. The van der Waals surface area contributed by atoms with Crippen LogP contribution in [-0.4, -0.2) is 33.7 Å². The molecule has 0 saturated carbocycles. The molecule has 6 nitrogen and oxygen atoms in total. The number of esters is 1. The Balaban J connectivity index is 1.73. The molecule has 1 aliphatic rings. The van der Waals surface area contributed by atoms with Gasteiger partial charge in [-0.15, -0.1) is 5.10 Å². The van der Waals surface area contributed by atoms with Crippen LogP contribution >= 0.6 is 0 Å². The molecule has 1 aromatic carbocycles. The smallest absolute Gasteiger partial charge is 0.302 e. The van der Waals surface area contributed by atoms with E-state index in [9.17, 15) is 4.79 Å². The quantitative estimate of drug-likeness (QED) is 0.769. The number of para-hydroxylation sites is 1. The first-order chi connectivity index (χ1) is 9.24. The lowest BCUT2D eigenvalue weighted by molar-refractivity contribution is -0.160. The molecule has 1 aromatic heterocycles. The molecule has 1 fully saturated rings. The lowest BCUT2D eigenvalue weighted by Gasteiger charge is -2.28.